The van der Waals surface area contributed by atoms with E-state index in [9.17, 15) is 4.79 Å². The first-order valence-corrected chi connectivity index (χ1v) is 8.95. The van der Waals surface area contributed by atoms with Crippen molar-refractivity contribution in [3.63, 3.8) is 0 Å². The first-order chi connectivity index (χ1) is 11.8. The molecule has 0 unspecified atom stereocenters. The number of fused-ring (bicyclic) bond motifs is 1. The molecule has 3 rings (SSSR count). The van der Waals surface area contributed by atoms with Crippen molar-refractivity contribution >= 4 is 22.7 Å². The van der Waals surface area contributed by atoms with E-state index in [1.54, 1.807) is 4.90 Å². The highest BCUT2D eigenvalue weighted by Gasteiger charge is 2.29. The number of ether oxygens (including phenoxy) is 1. The van der Waals surface area contributed by atoms with Gasteiger partial charge in [-0.1, -0.05) is 19.1 Å². The van der Waals surface area contributed by atoms with Gasteiger partial charge in [0.05, 0.1) is 17.4 Å². The van der Waals surface area contributed by atoms with Crippen molar-refractivity contribution in [2.24, 2.45) is 5.92 Å². The highest BCUT2D eigenvalue weighted by atomic mass is 16.6. The lowest BCUT2D eigenvalue weighted by molar-refractivity contribution is 0.0327. The third-order valence-electron chi connectivity index (χ3n) is 4.35. The Labute approximate surface area is 149 Å². The van der Waals surface area contributed by atoms with Gasteiger partial charge in [0, 0.05) is 18.5 Å². The maximum absolute atomic E-state index is 12.7. The summed E-state index contributed by atoms with van der Waals surface area (Å²) in [7, 11) is 0. The molecule has 25 heavy (non-hydrogen) atoms. The number of carbonyl (C=O) groups is 1. The Morgan fingerprint density at radius 2 is 2.12 bits per heavy atom. The molecule has 0 saturated heterocycles. The van der Waals surface area contributed by atoms with Gasteiger partial charge in [-0.2, -0.15) is 5.10 Å². The smallest absolute Gasteiger partial charge is 0.414 e. The van der Waals surface area contributed by atoms with Crippen LogP contribution in [0.3, 0.4) is 0 Å². The van der Waals surface area contributed by atoms with Crippen molar-refractivity contribution in [3.8, 4) is 0 Å². The molecule has 1 amide bonds. The quantitative estimate of drug-likeness (QED) is 0.797. The molecule has 1 atom stereocenters. The number of amides is 1. The third-order valence-corrected chi connectivity index (χ3v) is 4.35. The van der Waals surface area contributed by atoms with Gasteiger partial charge < -0.3 is 4.74 Å². The number of rotatable bonds is 2. The van der Waals surface area contributed by atoms with Crippen molar-refractivity contribution < 1.29 is 9.53 Å². The fraction of sp³-hybridized carbons (Fsp3) is 0.500. The van der Waals surface area contributed by atoms with Gasteiger partial charge in [0.2, 0.25) is 0 Å². The summed E-state index contributed by atoms with van der Waals surface area (Å²) in [5.74, 6) is 0.419. The molecule has 0 fully saturated rings. The van der Waals surface area contributed by atoms with E-state index < -0.39 is 5.60 Å². The van der Waals surface area contributed by atoms with Crippen LogP contribution in [0.25, 0.3) is 16.6 Å². The van der Waals surface area contributed by atoms with Crippen LogP contribution in [0, 0.1) is 5.92 Å². The van der Waals surface area contributed by atoms with Crippen LogP contribution in [0.5, 0.6) is 0 Å². The zero-order valence-electron chi connectivity index (χ0n) is 15.7. The summed E-state index contributed by atoms with van der Waals surface area (Å²) in [5, 5.41) is 5.49. The van der Waals surface area contributed by atoms with Crippen LogP contribution in [-0.2, 0) is 11.3 Å². The topological polar surface area (TPSA) is 47.4 Å². The van der Waals surface area contributed by atoms with Gasteiger partial charge in [0.25, 0.3) is 0 Å². The molecule has 0 aliphatic carbocycles. The second-order valence-electron chi connectivity index (χ2n) is 7.76. The first-order valence-electron chi connectivity index (χ1n) is 8.95. The lowest BCUT2D eigenvalue weighted by Gasteiger charge is -2.34. The zero-order chi connectivity index (χ0) is 18.2. The highest BCUT2D eigenvalue weighted by Crippen LogP contribution is 2.31. The van der Waals surface area contributed by atoms with E-state index >= 15 is 0 Å². The maximum Gasteiger partial charge on any atom is 0.414 e. The number of benzene rings is 1. The summed E-state index contributed by atoms with van der Waals surface area (Å²) in [4.78, 5) is 14.5. The molecule has 0 spiro atoms. The van der Waals surface area contributed by atoms with Crippen molar-refractivity contribution in [2.45, 2.75) is 53.2 Å². The molecule has 1 aliphatic heterocycles. The van der Waals surface area contributed by atoms with Gasteiger partial charge in [-0.05, 0) is 57.7 Å². The second kappa shape index (κ2) is 6.54. The molecule has 0 saturated carbocycles. The number of carbonyl (C=O) groups excluding carboxylic acids is 1. The van der Waals surface area contributed by atoms with E-state index in [0.717, 1.165) is 35.1 Å². The summed E-state index contributed by atoms with van der Waals surface area (Å²) in [6.45, 7) is 11.4. The van der Waals surface area contributed by atoms with Gasteiger partial charge in [0.1, 0.15) is 5.60 Å². The Hall–Kier alpha value is -2.30. The molecule has 1 aromatic carbocycles. The number of hydrogen-bond acceptors (Lipinski definition) is 3. The summed E-state index contributed by atoms with van der Waals surface area (Å²) >= 11 is 0. The summed E-state index contributed by atoms with van der Waals surface area (Å²) in [6.07, 6.45) is 4.70. The number of aromatic nitrogens is 2. The summed E-state index contributed by atoms with van der Waals surface area (Å²) in [6, 6.07) is 6.25. The number of allylic oxidation sites excluding steroid dienone is 1. The summed E-state index contributed by atoms with van der Waals surface area (Å²) in [5.41, 5.74) is 2.56. The Morgan fingerprint density at radius 3 is 2.80 bits per heavy atom. The van der Waals surface area contributed by atoms with E-state index in [0.29, 0.717) is 12.5 Å². The van der Waals surface area contributed by atoms with Crippen LogP contribution in [-0.4, -0.2) is 32.9 Å². The van der Waals surface area contributed by atoms with Crippen LogP contribution >= 0.6 is 0 Å². The molecule has 2 aromatic rings. The van der Waals surface area contributed by atoms with Gasteiger partial charge in [0.15, 0.2) is 0 Å². The Bertz CT molecular complexity index is 814. The fourth-order valence-electron chi connectivity index (χ4n) is 3.17. The maximum atomic E-state index is 12.7. The van der Waals surface area contributed by atoms with Crippen LogP contribution in [0.1, 0.15) is 46.6 Å². The molecule has 2 heterocycles. The van der Waals surface area contributed by atoms with Crippen molar-refractivity contribution in [1.29, 1.82) is 0 Å². The van der Waals surface area contributed by atoms with E-state index in [2.05, 4.69) is 43.2 Å². The number of hydrogen-bond donors (Lipinski definition) is 0. The van der Waals surface area contributed by atoms with E-state index in [1.165, 1.54) is 0 Å². The van der Waals surface area contributed by atoms with Gasteiger partial charge >= 0.3 is 6.09 Å². The molecular formula is C20H27N3O2. The lowest BCUT2D eigenvalue weighted by Crippen LogP contribution is -2.39. The SMILES string of the molecule is CCn1ncc2cc(C3=CC[C@H](C)CN3C(=O)OC(C)(C)C)ccc21. The molecule has 134 valence electrons. The molecule has 1 aliphatic rings. The zero-order valence-corrected chi connectivity index (χ0v) is 15.7. The van der Waals surface area contributed by atoms with Crippen molar-refractivity contribution in [3.05, 3.63) is 36.0 Å². The van der Waals surface area contributed by atoms with Gasteiger partial charge in [-0.15, -0.1) is 0 Å². The Morgan fingerprint density at radius 1 is 1.36 bits per heavy atom. The average Bonchev–Trinajstić information content (AvgIpc) is 2.95. The van der Waals surface area contributed by atoms with Crippen molar-refractivity contribution in [2.75, 3.05) is 6.54 Å². The standard InChI is InChI=1S/C20H27N3O2/c1-6-23-18-10-8-15(11-16(18)12-21-23)17-9-7-14(2)13-22(17)19(24)25-20(3,4)5/h8-12,14H,6-7,13H2,1-5H3/t14-/m0/s1. The predicted octanol–water partition coefficient (Wildman–Crippen LogP) is 4.67. The molecular weight excluding hydrogens is 314 g/mol. The van der Waals surface area contributed by atoms with E-state index in [-0.39, 0.29) is 6.09 Å². The van der Waals surface area contributed by atoms with Gasteiger partial charge in [-0.3, -0.25) is 9.58 Å². The lowest BCUT2D eigenvalue weighted by atomic mass is 9.98. The first kappa shape index (κ1) is 17.5. The largest absolute Gasteiger partial charge is 0.443 e. The van der Waals surface area contributed by atoms with Crippen molar-refractivity contribution in [1.82, 2.24) is 14.7 Å². The summed E-state index contributed by atoms with van der Waals surface area (Å²) < 4.78 is 7.59. The van der Waals surface area contributed by atoms with Crippen LogP contribution in [0.2, 0.25) is 0 Å². The van der Waals surface area contributed by atoms with E-state index in [1.807, 2.05) is 31.6 Å². The second-order valence-corrected chi connectivity index (χ2v) is 7.76. The third kappa shape index (κ3) is 3.70. The molecule has 5 nitrogen and oxygen atoms in total. The molecule has 1 aromatic heterocycles. The Balaban J connectivity index is 1.96. The van der Waals surface area contributed by atoms with Crippen LogP contribution in [0.15, 0.2) is 30.5 Å². The fourth-order valence-corrected chi connectivity index (χ4v) is 3.17. The monoisotopic (exact) mass is 341 g/mol. The predicted molar refractivity (Wildman–Crippen MR) is 100 cm³/mol. The van der Waals surface area contributed by atoms with Gasteiger partial charge in [-0.25, -0.2) is 4.79 Å². The number of aryl methyl sites for hydroxylation is 1. The average molecular weight is 341 g/mol. The minimum atomic E-state index is -0.505. The minimum Gasteiger partial charge on any atom is -0.443 e. The van der Waals surface area contributed by atoms with Crippen LogP contribution in [0.4, 0.5) is 4.79 Å². The number of nitrogens with zero attached hydrogens (tertiary/aromatic N) is 3. The molecule has 5 heteroatoms. The minimum absolute atomic E-state index is 0.283. The highest BCUT2D eigenvalue weighted by molar-refractivity contribution is 5.87. The van der Waals surface area contributed by atoms with Crippen LogP contribution < -0.4 is 0 Å². The van der Waals surface area contributed by atoms with E-state index in [4.69, 9.17) is 4.74 Å². The Kier molecular flexibility index (Phi) is 4.58. The normalized spacial score (nSPS) is 18.4. The molecule has 0 N–H and O–H groups in total. The molecule has 0 radical (unpaired) electrons. The molecule has 0 bridgehead atoms.